The summed E-state index contributed by atoms with van der Waals surface area (Å²) in [7, 11) is -2.68. The van der Waals surface area contributed by atoms with E-state index in [1.807, 2.05) is 0 Å². The zero-order valence-electron chi connectivity index (χ0n) is 6.26. The molecule has 0 aliphatic heterocycles. The zero-order valence-corrected chi connectivity index (χ0v) is 8.85. The Morgan fingerprint density at radius 1 is 1.50 bits per heavy atom. The van der Waals surface area contributed by atoms with Crippen LogP contribution in [0.1, 0.15) is 26.7 Å². The average molecular weight is 233 g/mol. The van der Waals surface area contributed by atoms with Crippen molar-refractivity contribution in [1.29, 1.82) is 0 Å². The molecule has 0 aliphatic rings. The first-order chi connectivity index (χ1) is 4.68. The van der Waals surface area contributed by atoms with Crippen LogP contribution in [0.4, 0.5) is 0 Å². The van der Waals surface area contributed by atoms with Crippen molar-refractivity contribution in [3.8, 4) is 0 Å². The van der Waals surface area contributed by atoms with E-state index in [-0.39, 0.29) is 5.52 Å². The standard InChI is InChI=1S/C4H10.CH4BrO3P/c1-3-4-2;2-1-5-6(3)4/h3-4H2,1-2H3;6H,1H2,(H,3,4). The van der Waals surface area contributed by atoms with Gasteiger partial charge in [-0.15, -0.1) is 0 Å². The molecule has 0 amide bonds. The predicted octanol–water partition coefficient (Wildman–Crippen LogP) is 2.54. The van der Waals surface area contributed by atoms with Crippen LogP contribution in [0.15, 0.2) is 0 Å². The normalized spacial score (nSPS) is 11.6. The van der Waals surface area contributed by atoms with Crippen molar-refractivity contribution >= 4 is 24.2 Å². The van der Waals surface area contributed by atoms with Crippen molar-refractivity contribution < 1.29 is 14.0 Å². The number of halogens is 1. The lowest BCUT2D eigenvalue weighted by atomic mass is 10.4. The van der Waals surface area contributed by atoms with Crippen molar-refractivity contribution in [3.63, 3.8) is 0 Å². The molecule has 5 heteroatoms. The molecule has 10 heavy (non-hydrogen) atoms. The van der Waals surface area contributed by atoms with E-state index in [1.165, 1.54) is 12.8 Å². The van der Waals surface area contributed by atoms with Gasteiger partial charge in [-0.2, -0.15) is 0 Å². The molecule has 1 N–H and O–H groups in total. The summed E-state index contributed by atoms with van der Waals surface area (Å²) in [6.45, 7) is 4.36. The van der Waals surface area contributed by atoms with E-state index in [1.54, 1.807) is 0 Å². The number of unbranched alkanes of at least 4 members (excludes halogenated alkanes) is 1. The van der Waals surface area contributed by atoms with Gasteiger partial charge < -0.3 is 4.89 Å². The van der Waals surface area contributed by atoms with Crippen molar-refractivity contribution in [2.75, 3.05) is 5.52 Å². The highest BCUT2D eigenvalue weighted by Crippen LogP contribution is 2.14. The summed E-state index contributed by atoms with van der Waals surface area (Å²) in [6, 6.07) is 0. The average Bonchev–Trinajstić information content (AvgIpc) is 1.89. The molecule has 0 bridgehead atoms. The van der Waals surface area contributed by atoms with Crippen LogP contribution in [0, 0.1) is 0 Å². The summed E-state index contributed by atoms with van der Waals surface area (Å²) in [4.78, 5) is 7.85. The molecule has 64 valence electrons. The van der Waals surface area contributed by atoms with Crippen LogP contribution < -0.4 is 0 Å². The van der Waals surface area contributed by atoms with Gasteiger partial charge in [0.05, 0.1) is 0 Å². The monoisotopic (exact) mass is 232 g/mol. The Kier molecular flexibility index (Phi) is 16.3. The molecule has 0 rings (SSSR count). The van der Waals surface area contributed by atoms with Crippen LogP contribution in [0.3, 0.4) is 0 Å². The van der Waals surface area contributed by atoms with Gasteiger partial charge in [-0.05, 0) is 0 Å². The van der Waals surface area contributed by atoms with Gasteiger partial charge in [0.25, 0.3) is 0 Å². The molecule has 3 nitrogen and oxygen atoms in total. The number of alkyl halides is 1. The van der Waals surface area contributed by atoms with Crippen molar-refractivity contribution in [2.45, 2.75) is 26.7 Å². The molecule has 1 atom stereocenters. The van der Waals surface area contributed by atoms with Crippen molar-refractivity contribution in [1.82, 2.24) is 0 Å². The second-order valence-electron chi connectivity index (χ2n) is 1.52. The van der Waals surface area contributed by atoms with Crippen LogP contribution in [0.2, 0.25) is 0 Å². The molecule has 0 aromatic heterocycles. The molecule has 0 saturated heterocycles. The van der Waals surface area contributed by atoms with E-state index >= 15 is 0 Å². The maximum Gasteiger partial charge on any atom is 0.317 e. The Hall–Kier alpha value is 0.630. The second-order valence-corrected chi connectivity index (χ2v) is 2.80. The summed E-state index contributed by atoms with van der Waals surface area (Å²) in [6.07, 6.45) is 2.64. The SMILES string of the molecule is CCCC.O=[PH](O)OCBr. The van der Waals surface area contributed by atoms with E-state index in [0.717, 1.165) is 0 Å². The minimum absolute atomic E-state index is 0.126. The third kappa shape index (κ3) is 23.4. The minimum Gasteiger partial charge on any atom is -0.326 e. The van der Waals surface area contributed by atoms with E-state index < -0.39 is 8.25 Å². The van der Waals surface area contributed by atoms with Crippen LogP contribution in [-0.2, 0) is 9.09 Å². The topological polar surface area (TPSA) is 46.5 Å². The first-order valence-electron chi connectivity index (χ1n) is 3.10. The molecule has 0 heterocycles. The van der Waals surface area contributed by atoms with E-state index in [2.05, 4.69) is 34.3 Å². The summed E-state index contributed by atoms with van der Waals surface area (Å²) >= 11 is 2.79. The lowest BCUT2D eigenvalue weighted by molar-refractivity contribution is 0.334. The third-order valence-corrected chi connectivity index (χ3v) is 1.72. The van der Waals surface area contributed by atoms with E-state index in [9.17, 15) is 4.57 Å². The Labute approximate surface area is 70.9 Å². The lowest BCUT2D eigenvalue weighted by Gasteiger charge is -1.85. The number of rotatable bonds is 3. The molecule has 0 aromatic rings. The first-order valence-corrected chi connectivity index (χ1v) is 5.49. The molecule has 0 radical (unpaired) electrons. The molecule has 0 aliphatic carbocycles. The van der Waals surface area contributed by atoms with Crippen LogP contribution >= 0.6 is 24.2 Å². The number of hydrogen-bond acceptors (Lipinski definition) is 2. The van der Waals surface area contributed by atoms with E-state index in [0.29, 0.717) is 0 Å². The zero-order chi connectivity index (χ0) is 8.41. The minimum atomic E-state index is -2.68. The highest BCUT2D eigenvalue weighted by molar-refractivity contribution is 9.09. The Morgan fingerprint density at radius 3 is 1.90 bits per heavy atom. The fraction of sp³-hybridized carbons (Fsp3) is 1.00. The molecule has 0 saturated carbocycles. The number of hydrogen-bond donors (Lipinski definition) is 1. The quantitative estimate of drug-likeness (QED) is 0.601. The van der Waals surface area contributed by atoms with Crippen LogP contribution in [0.5, 0.6) is 0 Å². The van der Waals surface area contributed by atoms with Gasteiger partial charge in [0, 0.05) is 0 Å². The van der Waals surface area contributed by atoms with Gasteiger partial charge in [0.1, 0.15) is 5.52 Å². The smallest absolute Gasteiger partial charge is 0.317 e. The largest absolute Gasteiger partial charge is 0.326 e. The van der Waals surface area contributed by atoms with Gasteiger partial charge in [0.15, 0.2) is 0 Å². The molecule has 0 fully saturated rings. The molecular formula is C5H14BrO3P. The molecule has 0 aromatic carbocycles. The van der Waals surface area contributed by atoms with E-state index in [4.69, 9.17) is 4.89 Å². The molecular weight excluding hydrogens is 219 g/mol. The maximum absolute atomic E-state index is 9.53. The highest BCUT2D eigenvalue weighted by Gasteiger charge is 1.82. The van der Waals surface area contributed by atoms with Crippen LogP contribution in [-0.4, -0.2) is 10.4 Å². The Bertz CT molecular complexity index is 77.3. The molecule has 0 spiro atoms. The predicted molar refractivity (Wildman–Crippen MR) is 46.7 cm³/mol. The Balaban J connectivity index is 0. The second kappa shape index (κ2) is 12.3. The van der Waals surface area contributed by atoms with Crippen molar-refractivity contribution in [2.24, 2.45) is 0 Å². The van der Waals surface area contributed by atoms with Crippen molar-refractivity contribution in [3.05, 3.63) is 0 Å². The first kappa shape index (κ1) is 13.2. The summed E-state index contributed by atoms with van der Waals surface area (Å²) in [5.74, 6) is 0. The van der Waals surface area contributed by atoms with Gasteiger partial charge in [-0.3, -0.25) is 9.09 Å². The molecule has 1 unspecified atom stereocenters. The summed E-state index contributed by atoms with van der Waals surface area (Å²) < 4.78 is 13.6. The van der Waals surface area contributed by atoms with Gasteiger partial charge in [0.2, 0.25) is 0 Å². The lowest BCUT2D eigenvalue weighted by Crippen LogP contribution is -1.67. The summed E-state index contributed by atoms with van der Waals surface area (Å²) in [5.41, 5.74) is 0.126. The van der Waals surface area contributed by atoms with Gasteiger partial charge in [-0.1, -0.05) is 42.6 Å². The summed E-state index contributed by atoms with van der Waals surface area (Å²) in [5, 5.41) is 0. The van der Waals surface area contributed by atoms with Crippen LogP contribution in [0.25, 0.3) is 0 Å². The van der Waals surface area contributed by atoms with Gasteiger partial charge >= 0.3 is 8.25 Å². The Morgan fingerprint density at radius 2 is 1.90 bits per heavy atom. The third-order valence-electron chi connectivity index (χ3n) is 0.678. The van der Waals surface area contributed by atoms with Gasteiger partial charge in [-0.25, -0.2) is 0 Å². The highest BCUT2D eigenvalue weighted by atomic mass is 79.9. The fourth-order valence-corrected chi connectivity index (χ4v) is 0.728. The maximum atomic E-state index is 9.53. The fourth-order valence-electron chi connectivity index (χ4n) is 0.0467.